The molecule has 0 aromatic rings. The second-order valence-electron chi connectivity index (χ2n) is 2.43. The minimum Gasteiger partial charge on any atom is -0.384 e. The maximum atomic E-state index is 5.28. The van der Waals surface area contributed by atoms with Crippen molar-refractivity contribution in [2.24, 2.45) is 5.73 Å². The third-order valence-electron chi connectivity index (χ3n) is 1.20. The molecule has 0 aromatic carbocycles. The van der Waals surface area contributed by atoms with Gasteiger partial charge in [-0.2, -0.15) is 0 Å². The minimum atomic E-state index is 0.366. The van der Waals surface area contributed by atoms with Crippen LogP contribution in [0.25, 0.3) is 0 Å². The zero-order chi connectivity index (χ0) is 10.8. The highest BCUT2D eigenvalue weighted by atomic mass is 33.1. The molecule has 3 N–H and O–H groups in total. The first-order valence-electron chi connectivity index (χ1n) is 4.22. The van der Waals surface area contributed by atoms with E-state index in [4.69, 9.17) is 22.8 Å². The van der Waals surface area contributed by atoms with E-state index in [1.54, 1.807) is 0 Å². The molecule has 14 heavy (non-hydrogen) atoms. The van der Waals surface area contributed by atoms with Crippen LogP contribution < -0.4 is 11.2 Å². The largest absolute Gasteiger partial charge is 0.384 e. The molecule has 3 nitrogen and oxygen atoms in total. The summed E-state index contributed by atoms with van der Waals surface area (Å²) in [5, 5.41) is 0. The first-order valence-corrected chi connectivity index (χ1v) is 7.19. The summed E-state index contributed by atoms with van der Waals surface area (Å²) in [5.41, 5.74) is 7.94. The van der Waals surface area contributed by atoms with Crippen LogP contribution in [0.2, 0.25) is 0 Å². The Kier molecular flexibility index (Phi) is 10.3. The molecule has 0 bridgehead atoms. The summed E-state index contributed by atoms with van der Waals surface area (Å²) < 4.78 is 0.907. The molecule has 0 saturated heterocycles. The van der Waals surface area contributed by atoms with Crippen molar-refractivity contribution < 1.29 is 4.84 Å². The summed E-state index contributed by atoms with van der Waals surface area (Å²) in [4.78, 5) is 5.12. The van der Waals surface area contributed by atoms with E-state index in [2.05, 4.69) is 24.6 Å². The molecule has 0 atom stereocenters. The highest BCUT2D eigenvalue weighted by molar-refractivity contribution is 8.89. The van der Waals surface area contributed by atoms with Crippen molar-refractivity contribution in [3.05, 3.63) is 0 Å². The van der Waals surface area contributed by atoms with Crippen LogP contribution in [0.3, 0.4) is 0 Å². The van der Waals surface area contributed by atoms with Gasteiger partial charge in [-0.1, -0.05) is 32.0 Å². The number of unbranched alkanes of at least 4 members (excludes halogenated alkanes) is 2. The van der Waals surface area contributed by atoms with Crippen LogP contribution >= 0.6 is 46.0 Å². The monoisotopic (exact) mass is 270 g/mol. The average Bonchev–Trinajstić information content (AvgIpc) is 2.14. The molecule has 0 spiro atoms. The van der Waals surface area contributed by atoms with Gasteiger partial charge >= 0.3 is 0 Å². The molecule has 82 valence electrons. The number of thiocarbonyl (C=S) groups is 2. The van der Waals surface area contributed by atoms with Gasteiger partial charge in [-0.3, -0.25) is 4.84 Å². The summed E-state index contributed by atoms with van der Waals surface area (Å²) in [6.07, 6.45) is 3.39. The molecular weight excluding hydrogens is 256 g/mol. The van der Waals surface area contributed by atoms with Gasteiger partial charge in [0.15, 0.2) is 4.32 Å². The molecule has 0 radical (unpaired) electrons. The van der Waals surface area contributed by atoms with Gasteiger partial charge < -0.3 is 5.73 Å². The third kappa shape index (κ3) is 10.5. The van der Waals surface area contributed by atoms with Crippen molar-refractivity contribution in [3.63, 3.8) is 0 Å². The van der Waals surface area contributed by atoms with Gasteiger partial charge in [-0.25, -0.2) is 5.48 Å². The lowest BCUT2D eigenvalue weighted by atomic mass is 10.3. The van der Waals surface area contributed by atoms with Crippen molar-refractivity contribution in [1.82, 2.24) is 5.48 Å². The SMILES string of the molecule is CCCCCONC(=S)SSC(N)=S. The summed E-state index contributed by atoms with van der Waals surface area (Å²) in [5.74, 6) is 0. The Morgan fingerprint density at radius 3 is 2.64 bits per heavy atom. The fraction of sp³-hybridized carbons (Fsp3) is 0.714. The van der Waals surface area contributed by atoms with E-state index in [1.807, 2.05) is 0 Å². The number of hydroxylamine groups is 1. The van der Waals surface area contributed by atoms with Gasteiger partial charge in [0.2, 0.25) is 0 Å². The van der Waals surface area contributed by atoms with Gasteiger partial charge in [0, 0.05) is 0 Å². The average molecular weight is 270 g/mol. The summed E-state index contributed by atoms with van der Waals surface area (Å²) in [6.45, 7) is 2.82. The summed E-state index contributed by atoms with van der Waals surface area (Å²) in [6, 6.07) is 0. The normalized spacial score (nSPS) is 9.79. The summed E-state index contributed by atoms with van der Waals surface area (Å²) in [7, 11) is 2.54. The number of rotatable bonds is 5. The maximum absolute atomic E-state index is 5.28. The molecule has 0 aliphatic carbocycles. The van der Waals surface area contributed by atoms with Crippen molar-refractivity contribution in [3.8, 4) is 0 Å². The van der Waals surface area contributed by atoms with E-state index >= 15 is 0 Å². The van der Waals surface area contributed by atoms with E-state index in [0.717, 1.165) is 6.42 Å². The van der Waals surface area contributed by atoms with E-state index in [0.29, 0.717) is 15.2 Å². The smallest absolute Gasteiger partial charge is 0.168 e. The predicted molar refractivity (Wildman–Crippen MR) is 73.2 cm³/mol. The Balaban J connectivity index is 3.22. The zero-order valence-corrected chi connectivity index (χ0v) is 11.2. The Hall–Kier alpha value is 0.440. The lowest BCUT2D eigenvalue weighted by molar-refractivity contribution is 0.0855. The number of hydrogen-bond acceptors (Lipinski definition) is 5. The van der Waals surface area contributed by atoms with Gasteiger partial charge in [-0.15, -0.1) is 0 Å². The van der Waals surface area contributed by atoms with Crippen molar-refractivity contribution in [1.29, 1.82) is 0 Å². The van der Waals surface area contributed by atoms with E-state index in [9.17, 15) is 0 Å². The van der Waals surface area contributed by atoms with Crippen LogP contribution in [0, 0.1) is 0 Å². The minimum absolute atomic E-state index is 0.366. The molecule has 0 heterocycles. The Bertz CT molecular complexity index is 189. The Labute approximate surface area is 103 Å². The highest BCUT2D eigenvalue weighted by Gasteiger charge is 1.99. The zero-order valence-electron chi connectivity index (χ0n) is 7.95. The van der Waals surface area contributed by atoms with E-state index < -0.39 is 0 Å². The first-order chi connectivity index (χ1) is 6.66. The van der Waals surface area contributed by atoms with Gasteiger partial charge in [-0.05, 0) is 40.2 Å². The van der Waals surface area contributed by atoms with Crippen LogP contribution in [0.4, 0.5) is 0 Å². The molecule has 0 saturated carbocycles. The fourth-order valence-electron chi connectivity index (χ4n) is 0.630. The molecule has 0 fully saturated rings. The highest BCUT2D eigenvalue weighted by Crippen LogP contribution is 2.21. The Morgan fingerprint density at radius 2 is 2.07 bits per heavy atom. The fourth-order valence-corrected chi connectivity index (χ4v) is 2.13. The lowest BCUT2D eigenvalue weighted by Gasteiger charge is -2.05. The molecule has 0 aliphatic rings. The molecule has 0 unspecified atom stereocenters. The van der Waals surface area contributed by atoms with Crippen molar-refractivity contribution in [2.45, 2.75) is 26.2 Å². The molecule has 7 heteroatoms. The summed E-state index contributed by atoms with van der Waals surface area (Å²) >= 11 is 9.62. The standard InChI is InChI=1S/C7H14N2OS4/c1-2-3-4-5-10-9-7(12)14-13-6(8)11/h2-5H2,1H3,(H2,8,11)(H,9,12). The number of nitrogens with one attached hydrogen (secondary N) is 1. The molecule has 0 rings (SSSR count). The van der Waals surface area contributed by atoms with Gasteiger partial charge in [0.25, 0.3) is 0 Å². The van der Waals surface area contributed by atoms with Crippen LogP contribution in [0.1, 0.15) is 26.2 Å². The van der Waals surface area contributed by atoms with Gasteiger partial charge in [0.1, 0.15) is 4.32 Å². The van der Waals surface area contributed by atoms with Crippen LogP contribution in [0.15, 0.2) is 0 Å². The predicted octanol–water partition coefficient (Wildman–Crippen LogP) is 2.61. The number of nitrogens with two attached hydrogens (primary N) is 1. The third-order valence-corrected chi connectivity index (χ3v) is 4.19. The first kappa shape index (κ1) is 14.4. The lowest BCUT2D eigenvalue weighted by Crippen LogP contribution is -2.19. The van der Waals surface area contributed by atoms with E-state index in [-0.39, 0.29) is 0 Å². The number of hydrogen-bond donors (Lipinski definition) is 2. The maximum Gasteiger partial charge on any atom is 0.168 e. The molecule has 0 amide bonds. The quantitative estimate of drug-likeness (QED) is 0.344. The Morgan fingerprint density at radius 1 is 1.36 bits per heavy atom. The van der Waals surface area contributed by atoms with E-state index in [1.165, 1.54) is 34.4 Å². The van der Waals surface area contributed by atoms with Gasteiger partial charge in [0.05, 0.1) is 6.61 Å². The van der Waals surface area contributed by atoms with Crippen molar-refractivity contribution in [2.75, 3.05) is 6.61 Å². The van der Waals surface area contributed by atoms with Crippen LogP contribution in [-0.2, 0) is 4.84 Å². The topological polar surface area (TPSA) is 47.3 Å². The van der Waals surface area contributed by atoms with Crippen molar-refractivity contribution >= 4 is 54.7 Å². The second kappa shape index (κ2) is 9.97. The molecule has 0 aromatic heterocycles. The van der Waals surface area contributed by atoms with Crippen LogP contribution in [-0.4, -0.2) is 15.2 Å². The second-order valence-corrected chi connectivity index (χ2v) is 5.98. The molecular formula is C7H14N2OS4. The molecule has 0 aliphatic heterocycles. The van der Waals surface area contributed by atoms with Crippen LogP contribution in [0.5, 0.6) is 0 Å².